The molecule has 2 aromatic rings. The molecule has 1 aliphatic heterocycles. The van der Waals surface area contributed by atoms with Crippen molar-refractivity contribution in [3.8, 4) is 5.75 Å². The van der Waals surface area contributed by atoms with Crippen molar-refractivity contribution in [2.75, 3.05) is 17.3 Å². The van der Waals surface area contributed by atoms with E-state index in [-0.39, 0.29) is 17.3 Å². The number of Topliss-reactive ketones (excluding diaryl/α,β-unsaturated/α-hetero) is 1. The second-order valence-corrected chi connectivity index (χ2v) is 8.43. The molecule has 1 aliphatic rings. The van der Waals surface area contributed by atoms with Crippen LogP contribution in [0.5, 0.6) is 5.75 Å². The fourth-order valence-corrected chi connectivity index (χ4v) is 3.57. The summed E-state index contributed by atoms with van der Waals surface area (Å²) in [4.78, 5) is 39.3. The number of methoxy groups -OCH3 is 1. The average molecular weight is 422 g/mol. The maximum Gasteiger partial charge on any atom is 0.294 e. The molecule has 7 nitrogen and oxygen atoms in total. The predicted molar refractivity (Wildman–Crippen MR) is 118 cm³/mol. The van der Waals surface area contributed by atoms with Crippen molar-refractivity contribution in [2.45, 2.75) is 33.7 Å². The number of ketones is 1. The zero-order valence-corrected chi connectivity index (χ0v) is 18.2. The van der Waals surface area contributed by atoms with Crippen molar-refractivity contribution < 1.29 is 24.2 Å². The Balaban J connectivity index is 2.20. The first-order valence-corrected chi connectivity index (χ1v) is 9.87. The van der Waals surface area contributed by atoms with Crippen molar-refractivity contribution in [2.24, 2.45) is 5.41 Å². The van der Waals surface area contributed by atoms with E-state index >= 15 is 0 Å². The minimum absolute atomic E-state index is 0.0377. The van der Waals surface area contributed by atoms with Crippen molar-refractivity contribution in [1.29, 1.82) is 0 Å². The maximum absolute atomic E-state index is 13.3. The zero-order chi connectivity index (χ0) is 22.9. The monoisotopic (exact) mass is 422 g/mol. The van der Waals surface area contributed by atoms with Gasteiger partial charge in [0.2, 0.25) is 5.91 Å². The first-order valence-electron chi connectivity index (χ1n) is 9.87. The molecule has 0 fully saturated rings. The third kappa shape index (κ3) is 4.30. The van der Waals surface area contributed by atoms with Crippen LogP contribution in [0.15, 0.2) is 59.9 Å². The molecule has 2 amide bonds. The van der Waals surface area contributed by atoms with Gasteiger partial charge in [-0.3, -0.25) is 19.3 Å². The summed E-state index contributed by atoms with van der Waals surface area (Å²) in [7, 11) is 1.53. The highest BCUT2D eigenvalue weighted by Gasteiger charge is 2.46. The van der Waals surface area contributed by atoms with E-state index in [1.54, 1.807) is 69.3 Å². The number of benzene rings is 2. The Hall–Kier alpha value is -3.61. The van der Waals surface area contributed by atoms with Crippen LogP contribution in [0.2, 0.25) is 0 Å². The van der Waals surface area contributed by atoms with Crippen molar-refractivity contribution in [3.05, 3.63) is 65.4 Å². The van der Waals surface area contributed by atoms with Crippen LogP contribution in [0, 0.1) is 5.41 Å². The van der Waals surface area contributed by atoms with Crippen LogP contribution in [0.3, 0.4) is 0 Å². The number of carbonyl (C=O) groups excluding carboxylic acids is 3. The molecule has 0 radical (unpaired) electrons. The Morgan fingerprint density at radius 2 is 1.77 bits per heavy atom. The molecule has 2 aromatic carbocycles. The molecule has 1 heterocycles. The lowest BCUT2D eigenvalue weighted by Gasteiger charge is -2.29. The number of amides is 2. The van der Waals surface area contributed by atoms with Gasteiger partial charge in [0.15, 0.2) is 11.5 Å². The summed E-state index contributed by atoms with van der Waals surface area (Å²) < 4.78 is 5.32. The first kappa shape index (κ1) is 22.1. The van der Waals surface area contributed by atoms with E-state index in [2.05, 4.69) is 5.32 Å². The minimum atomic E-state index is -0.845. The molecule has 0 bridgehead atoms. The molecule has 0 saturated carbocycles. The van der Waals surface area contributed by atoms with Gasteiger partial charge >= 0.3 is 0 Å². The number of nitrogens with zero attached hydrogens (tertiary/aromatic N) is 1. The number of hydrogen-bond acceptors (Lipinski definition) is 5. The Labute approximate surface area is 181 Å². The number of aliphatic hydroxyl groups is 1. The van der Waals surface area contributed by atoms with E-state index in [1.807, 2.05) is 0 Å². The summed E-state index contributed by atoms with van der Waals surface area (Å²) in [6, 6.07) is 12.9. The van der Waals surface area contributed by atoms with Crippen molar-refractivity contribution >= 4 is 29.0 Å². The van der Waals surface area contributed by atoms with E-state index in [0.29, 0.717) is 22.7 Å². The van der Waals surface area contributed by atoms with Gasteiger partial charge in [0, 0.05) is 23.7 Å². The highest BCUT2D eigenvalue weighted by atomic mass is 16.5. The lowest BCUT2D eigenvalue weighted by Crippen LogP contribution is -2.32. The number of aliphatic hydroxyl groups excluding tert-OH is 1. The summed E-state index contributed by atoms with van der Waals surface area (Å²) in [6.45, 7) is 6.61. The maximum atomic E-state index is 13.3. The molecule has 0 aliphatic carbocycles. The fourth-order valence-electron chi connectivity index (χ4n) is 3.57. The Morgan fingerprint density at radius 3 is 2.39 bits per heavy atom. The normalized spacial score (nSPS) is 16.5. The standard InChI is InChI=1S/C24H26N2O5/c1-14(27)25-16-9-7-10-17(13-16)26-20(15-8-6-11-18(12-15)31-5)19(21(28)23(26)30)22(29)24(2,3)4/h6-13,20,28H,1-5H3,(H,25,27). The van der Waals surface area contributed by atoms with Crippen LogP contribution in [0.4, 0.5) is 11.4 Å². The number of carbonyl (C=O) groups is 3. The zero-order valence-electron chi connectivity index (χ0n) is 18.2. The minimum Gasteiger partial charge on any atom is -0.503 e. The summed E-state index contributed by atoms with van der Waals surface area (Å²) >= 11 is 0. The van der Waals surface area contributed by atoms with E-state index in [9.17, 15) is 19.5 Å². The average Bonchev–Trinajstić information content (AvgIpc) is 2.97. The second kappa shape index (κ2) is 8.26. The number of ether oxygens (including phenoxy) is 1. The predicted octanol–water partition coefficient (Wildman–Crippen LogP) is 4.17. The fraction of sp³-hybridized carbons (Fsp3) is 0.292. The lowest BCUT2D eigenvalue weighted by molar-refractivity contribution is -0.123. The Morgan fingerprint density at radius 1 is 1.10 bits per heavy atom. The molecule has 162 valence electrons. The van der Waals surface area contributed by atoms with E-state index < -0.39 is 23.1 Å². The lowest BCUT2D eigenvalue weighted by atomic mass is 9.82. The molecule has 2 N–H and O–H groups in total. The Kier molecular flexibility index (Phi) is 5.88. The number of anilines is 2. The number of nitrogens with one attached hydrogen (secondary N) is 1. The number of hydrogen-bond donors (Lipinski definition) is 2. The van der Waals surface area contributed by atoms with Gasteiger partial charge in [0.25, 0.3) is 5.91 Å². The summed E-state index contributed by atoms with van der Waals surface area (Å²) in [5.41, 5.74) is 0.781. The van der Waals surface area contributed by atoms with Gasteiger partial charge in [-0.25, -0.2) is 0 Å². The van der Waals surface area contributed by atoms with Gasteiger partial charge < -0.3 is 15.2 Å². The molecule has 1 atom stereocenters. The van der Waals surface area contributed by atoms with Gasteiger partial charge in [0.1, 0.15) is 5.75 Å². The quantitative estimate of drug-likeness (QED) is 0.754. The molecule has 0 aromatic heterocycles. The molecule has 1 unspecified atom stereocenters. The van der Waals surface area contributed by atoms with E-state index in [1.165, 1.54) is 18.9 Å². The highest BCUT2D eigenvalue weighted by Crippen LogP contribution is 2.44. The molecule has 0 spiro atoms. The van der Waals surface area contributed by atoms with Crippen LogP contribution < -0.4 is 15.0 Å². The van der Waals surface area contributed by atoms with Crippen LogP contribution >= 0.6 is 0 Å². The van der Waals surface area contributed by atoms with E-state index in [4.69, 9.17) is 4.74 Å². The summed E-state index contributed by atoms with van der Waals surface area (Å²) in [5, 5.41) is 13.4. The highest BCUT2D eigenvalue weighted by molar-refractivity contribution is 6.17. The third-order valence-corrected chi connectivity index (χ3v) is 4.99. The first-order chi connectivity index (χ1) is 14.5. The second-order valence-electron chi connectivity index (χ2n) is 8.43. The van der Waals surface area contributed by atoms with Crippen molar-refractivity contribution in [1.82, 2.24) is 0 Å². The van der Waals surface area contributed by atoms with Gasteiger partial charge in [-0.15, -0.1) is 0 Å². The van der Waals surface area contributed by atoms with Crippen LogP contribution in [0.1, 0.15) is 39.3 Å². The van der Waals surface area contributed by atoms with E-state index in [0.717, 1.165) is 0 Å². The molecule has 0 saturated heterocycles. The van der Waals surface area contributed by atoms with Crippen LogP contribution in [-0.2, 0) is 14.4 Å². The van der Waals surface area contributed by atoms with Gasteiger partial charge in [-0.05, 0) is 35.9 Å². The largest absolute Gasteiger partial charge is 0.503 e. The number of rotatable bonds is 5. The third-order valence-electron chi connectivity index (χ3n) is 4.99. The molecule has 3 rings (SSSR count). The van der Waals surface area contributed by atoms with Gasteiger partial charge in [-0.2, -0.15) is 0 Å². The molecule has 31 heavy (non-hydrogen) atoms. The van der Waals surface area contributed by atoms with Gasteiger partial charge in [-0.1, -0.05) is 39.0 Å². The molecular formula is C24H26N2O5. The van der Waals surface area contributed by atoms with Gasteiger partial charge in [0.05, 0.1) is 18.7 Å². The molecular weight excluding hydrogens is 396 g/mol. The molecule has 7 heteroatoms. The Bertz CT molecular complexity index is 1080. The SMILES string of the molecule is COc1cccc(C2C(C(=O)C(C)(C)C)=C(O)C(=O)N2c2cccc(NC(C)=O)c2)c1. The topological polar surface area (TPSA) is 95.9 Å². The summed E-state index contributed by atoms with van der Waals surface area (Å²) in [5.74, 6) is -1.27. The van der Waals surface area contributed by atoms with Crippen molar-refractivity contribution in [3.63, 3.8) is 0 Å². The summed E-state index contributed by atoms with van der Waals surface area (Å²) in [6.07, 6.45) is 0. The smallest absolute Gasteiger partial charge is 0.294 e. The van der Waals surface area contributed by atoms with Crippen LogP contribution in [0.25, 0.3) is 0 Å². The van der Waals surface area contributed by atoms with Crippen LogP contribution in [-0.4, -0.2) is 29.8 Å².